The quantitative estimate of drug-likeness (QED) is 0.851. The number of anilines is 2. The van der Waals surface area contributed by atoms with Crippen LogP contribution in [-0.4, -0.2) is 4.98 Å². The fourth-order valence-electron chi connectivity index (χ4n) is 1.31. The average Bonchev–Trinajstić information content (AvgIpc) is 2.63. The predicted molar refractivity (Wildman–Crippen MR) is 71.9 cm³/mol. The number of aromatic nitrogens is 1. The standard InChI is InChI=1S/C11H9F3N2S.BrH/c1-7-6-17-10(15-7)16-9-4-2-3-8(5-9)11(12,13)14;/h2-6H,1H3,(H,15,16);1H. The maximum absolute atomic E-state index is 12.5. The van der Waals surface area contributed by atoms with Crippen LogP contribution in [0.15, 0.2) is 29.6 Å². The molecule has 1 N–H and O–H groups in total. The maximum Gasteiger partial charge on any atom is 0.416 e. The van der Waals surface area contributed by atoms with Crippen molar-refractivity contribution in [1.29, 1.82) is 0 Å². The first kappa shape index (κ1) is 15.0. The van der Waals surface area contributed by atoms with Gasteiger partial charge in [0.05, 0.1) is 11.3 Å². The second-order valence-electron chi connectivity index (χ2n) is 3.50. The normalized spacial score (nSPS) is 10.9. The zero-order chi connectivity index (χ0) is 12.5. The van der Waals surface area contributed by atoms with E-state index in [1.807, 2.05) is 12.3 Å². The molecule has 98 valence electrons. The zero-order valence-electron chi connectivity index (χ0n) is 9.28. The molecule has 18 heavy (non-hydrogen) atoms. The van der Waals surface area contributed by atoms with Gasteiger partial charge in [0, 0.05) is 11.1 Å². The number of alkyl halides is 3. The molecule has 1 heterocycles. The third kappa shape index (κ3) is 3.71. The molecule has 0 atom stereocenters. The summed E-state index contributed by atoms with van der Waals surface area (Å²) in [5.41, 5.74) is 0.550. The number of benzene rings is 1. The van der Waals surface area contributed by atoms with Gasteiger partial charge in [0.2, 0.25) is 0 Å². The lowest BCUT2D eigenvalue weighted by Gasteiger charge is -2.08. The topological polar surface area (TPSA) is 24.9 Å². The van der Waals surface area contributed by atoms with E-state index in [-0.39, 0.29) is 17.0 Å². The van der Waals surface area contributed by atoms with E-state index in [2.05, 4.69) is 10.3 Å². The van der Waals surface area contributed by atoms with Crippen LogP contribution in [0.4, 0.5) is 24.0 Å². The summed E-state index contributed by atoms with van der Waals surface area (Å²) < 4.78 is 37.4. The van der Waals surface area contributed by atoms with Gasteiger partial charge in [-0.1, -0.05) is 6.07 Å². The van der Waals surface area contributed by atoms with Crippen LogP contribution >= 0.6 is 28.3 Å². The van der Waals surface area contributed by atoms with Gasteiger partial charge in [0.1, 0.15) is 0 Å². The van der Waals surface area contributed by atoms with Crippen molar-refractivity contribution in [2.45, 2.75) is 13.1 Å². The van der Waals surface area contributed by atoms with Crippen molar-refractivity contribution >= 4 is 39.1 Å². The first-order valence-electron chi connectivity index (χ1n) is 4.81. The molecule has 2 rings (SSSR count). The molecule has 0 aliphatic rings. The van der Waals surface area contributed by atoms with E-state index in [0.717, 1.165) is 17.8 Å². The van der Waals surface area contributed by atoms with Crippen LogP contribution in [0, 0.1) is 6.92 Å². The predicted octanol–water partition coefficient (Wildman–Crippen LogP) is 4.79. The van der Waals surface area contributed by atoms with Crippen LogP contribution in [0.5, 0.6) is 0 Å². The van der Waals surface area contributed by atoms with Crippen LogP contribution in [0.1, 0.15) is 11.3 Å². The molecule has 0 aliphatic carbocycles. The molecule has 0 amide bonds. The Morgan fingerprint density at radius 1 is 1.28 bits per heavy atom. The molecule has 0 aliphatic heterocycles. The Labute approximate surface area is 117 Å². The average molecular weight is 339 g/mol. The van der Waals surface area contributed by atoms with Gasteiger partial charge in [0.25, 0.3) is 0 Å². The number of hydrogen-bond acceptors (Lipinski definition) is 3. The van der Waals surface area contributed by atoms with Crippen molar-refractivity contribution in [2.75, 3.05) is 5.32 Å². The Hall–Kier alpha value is -1.08. The summed E-state index contributed by atoms with van der Waals surface area (Å²) in [5, 5.41) is 5.26. The third-order valence-electron chi connectivity index (χ3n) is 2.06. The van der Waals surface area contributed by atoms with E-state index in [1.54, 1.807) is 6.07 Å². The van der Waals surface area contributed by atoms with E-state index >= 15 is 0 Å². The first-order valence-corrected chi connectivity index (χ1v) is 5.69. The molecule has 1 aromatic heterocycles. The van der Waals surface area contributed by atoms with Crippen molar-refractivity contribution in [2.24, 2.45) is 0 Å². The van der Waals surface area contributed by atoms with Crippen molar-refractivity contribution in [3.05, 3.63) is 40.9 Å². The molecule has 7 heteroatoms. The van der Waals surface area contributed by atoms with Gasteiger partial charge in [0.15, 0.2) is 5.13 Å². The molecule has 0 spiro atoms. The van der Waals surface area contributed by atoms with Crippen LogP contribution in [-0.2, 0) is 6.18 Å². The molecule has 0 saturated carbocycles. The molecule has 0 bridgehead atoms. The van der Waals surface area contributed by atoms with Gasteiger partial charge in [-0.15, -0.1) is 28.3 Å². The molecule has 0 unspecified atom stereocenters. The highest BCUT2D eigenvalue weighted by atomic mass is 79.9. The summed E-state index contributed by atoms with van der Waals surface area (Å²) in [7, 11) is 0. The monoisotopic (exact) mass is 338 g/mol. The summed E-state index contributed by atoms with van der Waals surface area (Å²) in [6.45, 7) is 1.83. The number of halogens is 4. The lowest BCUT2D eigenvalue weighted by Crippen LogP contribution is -2.05. The summed E-state index contributed by atoms with van der Waals surface area (Å²) in [5.74, 6) is 0. The van der Waals surface area contributed by atoms with E-state index in [1.165, 1.54) is 17.4 Å². The molecule has 0 saturated heterocycles. The van der Waals surface area contributed by atoms with Gasteiger partial charge in [-0.25, -0.2) is 4.98 Å². The summed E-state index contributed by atoms with van der Waals surface area (Å²) in [6, 6.07) is 5.05. The highest BCUT2D eigenvalue weighted by Gasteiger charge is 2.30. The largest absolute Gasteiger partial charge is 0.416 e. The molecule has 0 fully saturated rings. The van der Waals surface area contributed by atoms with Crippen LogP contribution < -0.4 is 5.32 Å². The molecule has 1 aromatic carbocycles. The molecule has 0 radical (unpaired) electrons. The number of nitrogens with one attached hydrogen (secondary N) is 1. The van der Waals surface area contributed by atoms with Crippen LogP contribution in [0.2, 0.25) is 0 Å². The van der Waals surface area contributed by atoms with Gasteiger partial charge >= 0.3 is 6.18 Å². The van der Waals surface area contributed by atoms with E-state index in [4.69, 9.17) is 0 Å². The highest BCUT2D eigenvalue weighted by Crippen LogP contribution is 2.31. The van der Waals surface area contributed by atoms with Crippen LogP contribution in [0.25, 0.3) is 0 Å². The Balaban J connectivity index is 0.00000162. The minimum Gasteiger partial charge on any atom is -0.332 e. The smallest absolute Gasteiger partial charge is 0.332 e. The van der Waals surface area contributed by atoms with Crippen molar-refractivity contribution in [1.82, 2.24) is 4.98 Å². The fraction of sp³-hybridized carbons (Fsp3) is 0.182. The number of thiazole rings is 1. The van der Waals surface area contributed by atoms with Gasteiger partial charge in [-0.2, -0.15) is 13.2 Å². The SMILES string of the molecule is Br.Cc1csc(Nc2cccc(C(F)(F)F)c2)n1. The third-order valence-corrected chi connectivity index (χ3v) is 2.94. The van der Waals surface area contributed by atoms with Crippen molar-refractivity contribution < 1.29 is 13.2 Å². The lowest BCUT2D eigenvalue weighted by molar-refractivity contribution is -0.137. The van der Waals surface area contributed by atoms with E-state index in [9.17, 15) is 13.2 Å². The Kier molecular flexibility index (Phi) is 4.75. The molecular formula is C11H10BrF3N2S. The fourth-order valence-corrected chi connectivity index (χ4v) is 2.02. The summed E-state index contributed by atoms with van der Waals surface area (Å²) in [6.07, 6.45) is -4.32. The Morgan fingerprint density at radius 3 is 2.56 bits per heavy atom. The Bertz CT molecular complexity index is 525. The minimum atomic E-state index is -4.32. The molecule has 2 aromatic rings. The second kappa shape index (κ2) is 5.71. The van der Waals surface area contributed by atoms with Crippen LogP contribution in [0.3, 0.4) is 0 Å². The van der Waals surface area contributed by atoms with Crippen molar-refractivity contribution in [3.63, 3.8) is 0 Å². The van der Waals surface area contributed by atoms with E-state index in [0.29, 0.717) is 10.8 Å². The molecule has 2 nitrogen and oxygen atoms in total. The highest BCUT2D eigenvalue weighted by molar-refractivity contribution is 8.93. The summed E-state index contributed by atoms with van der Waals surface area (Å²) in [4.78, 5) is 4.12. The van der Waals surface area contributed by atoms with Gasteiger partial charge in [-0.3, -0.25) is 0 Å². The van der Waals surface area contributed by atoms with Crippen molar-refractivity contribution in [3.8, 4) is 0 Å². The second-order valence-corrected chi connectivity index (χ2v) is 4.36. The number of aryl methyl sites for hydroxylation is 1. The number of hydrogen-bond donors (Lipinski definition) is 1. The Morgan fingerprint density at radius 2 is 2.00 bits per heavy atom. The van der Waals surface area contributed by atoms with Gasteiger partial charge < -0.3 is 5.32 Å². The van der Waals surface area contributed by atoms with Gasteiger partial charge in [-0.05, 0) is 25.1 Å². The summed E-state index contributed by atoms with van der Waals surface area (Å²) >= 11 is 1.35. The zero-order valence-corrected chi connectivity index (χ0v) is 11.8. The first-order chi connectivity index (χ1) is 7.95. The number of nitrogens with zero attached hydrogens (tertiary/aromatic N) is 1. The minimum absolute atomic E-state index is 0. The van der Waals surface area contributed by atoms with E-state index < -0.39 is 11.7 Å². The lowest BCUT2D eigenvalue weighted by atomic mass is 10.2. The maximum atomic E-state index is 12.5. The molecular weight excluding hydrogens is 329 g/mol. The number of rotatable bonds is 2.